The Hall–Kier alpha value is -1.58. The van der Waals surface area contributed by atoms with Gasteiger partial charge in [-0.25, -0.2) is 13.4 Å². The summed E-state index contributed by atoms with van der Waals surface area (Å²) in [5, 5.41) is 0.822. The number of alkyl halides is 2. The van der Waals surface area contributed by atoms with E-state index in [-0.39, 0.29) is 17.2 Å². The lowest BCUT2D eigenvalue weighted by molar-refractivity contribution is -0.0517. The number of aryl methyl sites for hydroxylation is 1. The number of halogens is 2. The van der Waals surface area contributed by atoms with Crippen molar-refractivity contribution in [3.05, 3.63) is 40.3 Å². The molecule has 0 fully saturated rings. The minimum Gasteiger partial charge on any atom is -0.433 e. The molecule has 0 aliphatic carbocycles. The average molecular weight is 348 g/mol. The zero-order chi connectivity index (χ0) is 16.3. The van der Waals surface area contributed by atoms with Crippen LogP contribution in [-0.4, -0.2) is 31.4 Å². The van der Waals surface area contributed by atoms with Gasteiger partial charge < -0.3 is 4.74 Å². The second-order valence-electron chi connectivity index (χ2n) is 4.43. The summed E-state index contributed by atoms with van der Waals surface area (Å²) in [5.41, 5.74) is 0. The molecule has 0 bridgehead atoms. The lowest BCUT2D eigenvalue weighted by atomic mass is 10.3. The van der Waals surface area contributed by atoms with Crippen LogP contribution in [0.1, 0.15) is 9.88 Å². The molecule has 0 atom stereocenters. The number of hydrogen-bond donors (Lipinski definition) is 0. The van der Waals surface area contributed by atoms with Gasteiger partial charge in [0.2, 0.25) is 10.0 Å². The predicted octanol–water partition coefficient (Wildman–Crippen LogP) is 2.87. The number of rotatable bonds is 6. The van der Waals surface area contributed by atoms with E-state index in [0.29, 0.717) is 0 Å². The maximum Gasteiger partial charge on any atom is 0.387 e. The second-order valence-corrected chi connectivity index (χ2v) is 7.76. The molecular weight excluding hydrogens is 334 g/mol. The first kappa shape index (κ1) is 16.8. The highest BCUT2D eigenvalue weighted by atomic mass is 32.2. The standard InChI is InChI=1S/C13H14F2N2O3S2/c1-9-16-7-10(21-9)8-17(2)22(18,19)12-6-4-3-5-11(12)20-13(14)15/h3-7,13H,8H2,1-2H3. The molecule has 0 saturated carbocycles. The Morgan fingerprint density at radius 3 is 2.64 bits per heavy atom. The number of sulfonamides is 1. The van der Waals surface area contributed by atoms with Crippen LogP contribution in [-0.2, 0) is 16.6 Å². The number of hydrogen-bond acceptors (Lipinski definition) is 5. The first-order valence-electron chi connectivity index (χ1n) is 6.22. The topological polar surface area (TPSA) is 59.5 Å². The fourth-order valence-electron chi connectivity index (χ4n) is 1.81. The van der Waals surface area contributed by atoms with Crippen molar-refractivity contribution in [3.8, 4) is 5.75 Å². The molecule has 0 aliphatic rings. The van der Waals surface area contributed by atoms with Crippen molar-refractivity contribution in [2.75, 3.05) is 7.05 Å². The van der Waals surface area contributed by atoms with Crippen LogP contribution in [0.4, 0.5) is 8.78 Å². The number of benzene rings is 1. The summed E-state index contributed by atoms with van der Waals surface area (Å²) in [6.45, 7) is -1.17. The number of thiazole rings is 1. The third kappa shape index (κ3) is 3.79. The molecule has 0 spiro atoms. The molecular formula is C13H14F2N2O3S2. The minimum absolute atomic E-state index is 0.108. The van der Waals surface area contributed by atoms with Crippen molar-refractivity contribution in [2.45, 2.75) is 25.0 Å². The van der Waals surface area contributed by atoms with Crippen LogP contribution in [0, 0.1) is 6.92 Å². The molecule has 0 saturated heterocycles. The van der Waals surface area contributed by atoms with Crippen LogP contribution in [0.15, 0.2) is 35.4 Å². The van der Waals surface area contributed by atoms with Crippen molar-refractivity contribution in [1.82, 2.24) is 9.29 Å². The average Bonchev–Trinajstić information content (AvgIpc) is 2.83. The van der Waals surface area contributed by atoms with E-state index in [1.165, 1.54) is 42.6 Å². The molecule has 0 amide bonds. The Morgan fingerprint density at radius 1 is 1.36 bits per heavy atom. The van der Waals surface area contributed by atoms with Crippen molar-refractivity contribution in [3.63, 3.8) is 0 Å². The van der Waals surface area contributed by atoms with Crippen molar-refractivity contribution >= 4 is 21.4 Å². The lowest BCUT2D eigenvalue weighted by Crippen LogP contribution is -2.26. The van der Waals surface area contributed by atoms with Crippen LogP contribution in [0.5, 0.6) is 5.75 Å². The van der Waals surface area contributed by atoms with E-state index in [1.807, 2.05) is 6.92 Å². The third-order valence-electron chi connectivity index (χ3n) is 2.80. The van der Waals surface area contributed by atoms with Crippen LogP contribution in [0.25, 0.3) is 0 Å². The predicted molar refractivity (Wildman–Crippen MR) is 78.6 cm³/mol. The van der Waals surface area contributed by atoms with E-state index < -0.39 is 16.6 Å². The molecule has 1 heterocycles. The largest absolute Gasteiger partial charge is 0.433 e. The van der Waals surface area contributed by atoms with Gasteiger partial charge in [0.25, 0.3) is 0 Å². The number of nitrogens with zero attached hydrogens (tertiary/aromatic N) is 2. The van der Waals surface area contributed by atoms with Crippen LogP contribution in [0.3, 0.4) is 0 Å². The molecule has 120 valence electrons. The molecule has 0 aliphatic heterocycles. The quantitative estimate of drug-likeness (QED) is 0.805. The highest BCUT2D eigenvalue weighted by molar-refractivity contribution is 7.89. The van der Waals surface area contributed by atoms with Gasteiger partial charge in [0.15, 0.2) is 0 Å². The molecule has 1 aromatic heterocycles. The van der Waals surface area contributed by atoms with E-state index in [4.69, 9.17) is 0 Å². The van der Waals surface area contributed by atoms with Crippen LogP contribution < -0.4 is 4.74 Å². The molecule has 0 N–H and O–H groups in total. The summed E-state index contributed by atoms with van der Waals surface area (Å²) in [6, 6.07) is 5.32. The van der Waals surface area contributed by atoms with Gasteiger partial charge in [-0.2, -0.15) is 13.1 Å². The van der Waals surface area contributed by atoms with E-state index in [0.717, 1.165) is 14.2 Å². The molecule has 2 rings (SSSR count). The number of aromatic nitrogens is 1. The van der Waals surface area contributed by atoms with Gasteiger partial charge in [-0.05, 0) is 19.1 Å². The first-order chi connectivity index (χ1) is 10.3. The lowest BCUT2D eigenvalue weighted by Gasteiger charge is -2.18. The Labute approximate surface area is 131 Å². The normalized spacial score (nSPS) is 12.1. The minimum atomic E-state index is -3.95. The van der Waals surface area contributed by atoms with Gasteiger partial charge >= 0.3 is 6.61 Å². The molecule has 22 heavy (non-hydrogen) atoms. The molecule has 2 aromatic rings. The maximum atomic E-state index is 12.5. The highest BCUT2D eigenvalue weighted by Gasteiger charge is 2.26. The first-order valence-corrected chi connectivity index (χ1v) is 8.48. The Balaban J connectivity index is 2.29. The van der Waals surface area contributed by atoms with Gasteiger partial charge in [0.05, 0.1) is 5.01 Å². The van der Waals surface area contributed by atoms with E-state index in [1.54, 1.807) is 6.20 Å². The summed E-state index contributed by atoms with van der Waals surface area (Å²) in [5.74, 6) is -0.371. The molecule has 1 aromatic carbocycles. The zero-order valence-corrected chi connectivity index (χ0v) is 13.5. The van der Waals surface area contributed by atoms with Crippen LogP contribution >= 0.6 is 11.3 Å². The van der Waals surface area contributed by atoms with Gasteiger partial charge in [0, 0.05) is 24.7 Å². The summed E-state index contributed by atoms with van der Waals surface area (Å²) < 4.78 is 55.2. The summed E-state index contributed by atoms with van der Waals surface area (Å²) in [7, 11) is -2.57. The van der Waals surface area contributed by atoms with Gasteiger partial charge in [-0.3, -0.25) is 0 Å². The Kier molecular flexibility index (Phi) is 5.09. The monoisotopic (exact) mass is 348 g/mol. The second kappa shape index (κ2) is 6.67. The van der Waals surface area contributed by atoms with E-state index in [2.05, 4.69) is 9.72 Å². The fraction of sp³-hybridized carbons (Fsp3) is 0.308. The van der Waals surface area contributed by atoms with Gasteiger partial charge in [-0.15, -0.1) is 11.3 Å². The molecule has 0 unspecified atom stereocenters. The Bertz CT molecular complexity index is 747. The van der Waals surface area contributed by atoms with E-state index >= 15 is 0 Å². The van der Waals surface area contributed by atoms with Crippen molar-refractivity contribution in [1.29, 1.82) is 0 Å². The third-order valence-corrected chi connectivity index (χ3v) is 5.54. The van der Waals surface area contributed by atoms with E-state index in [9.17, 15) is 17.2 Å². The zero-order valence-electron chi connectivity index (χ0n) is 11.9. The SMILES string of the molecule is Cc1ncc(CN(C)S(=O)(=O)c2ccccc2OC(F)F)s1. The summed E-state index contributed by atoms with van der Waals surface area (Å²) in [4.78, 5) is 4.52. The van der Waals surface area contributed by atoms with Crippen molar-refractivity contribution in [2.24, 2.45) is 0 Å². The van der Waals surface area contributed by atoms with Gasteiger partial charge in [0.1, 0.15) is 10.6 Å². The molecule has 5 nitrogen and oxygen atoms in total. The van der Waals surface area contributed by atoms with Gasteiger partial charge in [-0.1, -0.05) is 12.1 Å². The Morgan fingerprint density at radius 2 is 2.05 bits per heavy atom. The number of ether oxygens (including phenoxy) is 1. The number of para-hydroxylation sites is 1. The smallest absolute Gasteiger partial charge is 0.387 e. The highest BCUT2D eigenvalue weighted by Crippen LogP contribution is 2.28. The summed E-state index contributed by atoms with van der Waals surface area (Å²) in [6.07, 6.45) is 1.59. The van der Waals surface area contributed by atoms with Crippen molar-refractivity contribution < 1.29 is 21.9 Å². The summed E-state index contributed by atoms with van der Waals surface area (Å²) >= 11 is 1.37. The fourth-order valence-corrected chi connectivity index (χ4v) is 4.00. The van der Waals surface area contributed by atoms with Crippen LogP contribution in [0.2, 0.25) is 0 Å². The maximum absolute atomic E-state index is 12.5. The molecule has 9 heteroatoms. The molecule has 0 radical (unpaired) electrons.